The highest BCUT2D eigenvalue weighted by Gasteiger charge is 2.44. The molecule has 2 saturated heterocycles. The molecule has 0 unspecified atom stereocenters. The summed E-state index contributed by atoms with van der Waals surface area (Å²) in [5.41, 5.74) is 1.08. The van der Waals surface area contributed by atoms with Crippen LogP contribution in [0.15, 0.2) is 30.3 Å². The number of rotatable bonds is 3. The molecule has 2 atom stereocenters. The van der Waals surface area contributed by atoms with Gasteiger partial charge >= 0.3 is 12.1 Å². The Bertz CT molecular complexity index is 677. The monoisotopic (exact) mass is 384 g/mol. The number of alkyl halides is 3. The molecule has 1 aromatic carbocycles. The second-order valence-electron chi connectivity index (χ2n) is 7.30. The maximum atomic E-state index is 12.4. The summed E-state index contributed by atoms with van der Waals surface area (Å²) in [4.78, 5) is 26.0. The van der Waals surface area contributed by atoms with Gasteiger partial charge in [-0.25, -0.2) is 4.79 Å². The molecular weight excluding hydrogens is 361 g/mol. The van der Waals surface area contributed by atoms with Crippen molar-refractivity contribution in [2.45, 2.75) is 50.4 Å². The Morgan fingerprint density at radius 1 is 1.07 bits per heavy atom. The van der Waals surface area contributed by atoms with E-state index in [0.717, 1.165) is 24.4 Å². The van der Waals surface area contributed by atoms with Gasteiger partial charge < -0.3 is 10.0 Å². The predicted molar refractivity (Wildman–Crippen MR) is 93.3 cm³/mol. The molecule has 1 aliphatic carbocycles. The Balaban J connectivity index is 0.000000260. The quantitative estimate of drug-likeness (QED) is 0.869. The lowest BCUT2D eigenvalue weighted by Gasteiger charge is -2.40. The molecule has 8 heteroatoms. The van der Waals surface area contributed by atoms with E-state index >= 15 is 0 Å². The van der Waals surface area contributed by atoms with Crippen molar-refractivity contribution < 1.29 is 27.9 Å². The van der Waals surface area contributed by atoms with Crippen LogP contribution in [-0.2, 0) is 9.59 Å². The lowest BCUT2D eigenvalue weighted by molar-refractivity contribution is -0.192. The number of hydrogen-bond acceptors (Lipinski definition) is 3. The Labute approximate surface area is 155 Å². The number of hydrogen-bond donors (Lipinski definition) is 1. The van der Waals surface area contributed by atoms with Gasteiger partial charge in [0.2, 0.25) is 5.91 Å². The van der Waals surface area contributed by atoms with Crippen LogP contribution >= 0.6 is 0 Å². The Kier molecular flexibility index (Phi) is 5.74. The summed E-state index contributed by atoms with van der Waals surface area (Å²) in [5, 5.41) is 7.12. The molecule has 1 N–H and O–H groups in total. The number of fused-ring (bicyclic) bond motifs is 1. The van der Waals surface area contributed by atoms with Crippen molar-refractivity contribution >= 4 is 17.6 Å². The molecule has 148 valence electrons. The minimum Gasteiger partial charge on any atom is -0.475 e. The topological polar surface area (TPSA) is 60.9 Å². The number of benzene rings is 1. The highest BCUT2D eigenvalue weighted by Crippen LogP contribution is 2.38. The minimum absolute atomic E-state index is 0.311. The fourth-order valence-electron chi connectivity index (χ4n) is 3.94. The number of para-hydroxylation sites is 1. The highest BCUT2D eigenvalue weighted by atomic mass is 19.4. The molecule has 1 amide bonds. The van der Waals surface area contributed by atoms with E-state index in [1.165, 1.54) is 25.9 Å². The van der Waals surface area contributed by atoms with E-state index in [9.17, 15) is 18.0 Å². The first-order chi connectivity index (χ1) is 12.8. The summed E-state index contributed by atoms with van der Waals surface area (Å²) in [6.45, 7) is 2.43. The lowest BCUT2D eigenvalue weighted by atomic mass is 9.95. The zero-order valence-corrected chi connectivity index (χ0v) is 14.9. The second-order valence-corrected chi connectivity index (χ2v) is 7.30. The fourth-order valence-corrected chi connectivity index (χ4v) is 3.94. The fraction of sp³-hybridized carbons (Fsp3) is 0.579. The molecule has 2 aliphatic heterocycles. The minimum atomic E-state index is -5.08. The molecule has 4 rings (SSSR count). The van der Waals surface area contributed by atoms with Crippen molar-refractivity contribution in [1.29, 1.82) is 0 Å². The van der Waals surface area contributed by atoms with Gasteiger partial charge in [0.05, 0.1) is 6.04 Å². The molecule has 0 radical (unpaired) electrons. The van der Waals surface area contributed by atoms with Crippen LogP contribution in [0.4, 0.5) is 18.9 Å². The summed E-state index contributed by atoms with van der Waals surface area (Å²) in [6, 6.07) is 11.2. The summed E-state index contributed by atoms with van der Waals surface area (Å²) in [7, 11) is 0. The van der Waals surface area contributed by atoms with Crippen LogP contribution in [0.3, 0.4) is 0 Å². The number of likely N-dealkylation sites (tertiary alicyclic amines) is 1. The van der Waals surface area contributed by atoms with Crippen molar-refractivity contribution in [2.75, 3.05) is 18.0 Å². The van der Waals surface area contributed by atoms with Crippen molar-refractivity contribution in [3.63, 3.8) is 0 Å². The normalized spacial score (nSPS) is 25.6. The predicted octanol–water partition coefficient (Wildman–Crippen LogP) is 3.30. The van der Waals surface area contributed by atoms with Crippen molar-refractivity contribution in [3.8, 4) is 0 Å². The molecule has 27 heavy (non-hydrogen) atoms. The third kappa shape index (κ3) is 4.80. The first kappa shape index (κ1) is 19.7. The standard InChI is InChI=1S/C17H22N2O.C2HF3O2/c20-17-9-8-15-16(10-11-18(15)12-13-6-7-13)19(17)14-4-2-1-3-5-14;3-2(4,5)1(6)7/h1-5,13,15-16H,6-12H2;(H,6,7)/t15-,16-;/m0./s1. The zero-order chi connectivity index (χ0) is 19.6. The second kappa shape index (κ2) is 7.88. The Hall–Kier alpha value is -2.09. The first-order valence-corrected chi connectivity index (χ1v) is 9.18. The van der Waals surface area contributed by atoms with Gasteiger partial charge in [-0.1, -0.05) is 18.2 Å². The molecule has 3 fully saturated rings. The van der Waals surface area contributed by atoms with Crippen LogP contribution < -0.4 is 4.90 Å². The lowest BCUT2D eigenvalue weighted by Crippen LogP contribution is -2.52. The van der Waals surface area contributed by atoms with Crippen LogP contribution in [0.2, 0.25) is 0 Å². The molecule has 1 aromatic rings. The highest BCUT2D eigenvalue weighted by molar-refractivity contribution is 5.95. The summed E-state index contributed by atoms with van der Waals surface area (Å²) in [5.74, 6) is -1.50. The van der Waals surface area contributed by atoms with Gasteiger partial charge in [-0.05, 0) is 43.7 Å². The third-order valence-corrected chi connectivity index (χ3v) is 5.35. The maximum Gasteiger partial charge on any atom is 0.490 e. The largest absolute Gasteiger partial charge is 0.490 e. The van der Waals surface area contributed by atoms with Gasteiger partial charge in [0.15, 0.2) is 0 Å². The SMILES string of the molecule is O=C(O)C(F)(F)F.O=C1CC[C@H]2[C@H](CCN2CC2CC2)N1c1ccccc1. The average molecular weight is 384 g/mol. The number of amides is 1. The zero-order valence-electron chi connectivity index (χ0n) is 14.9. The van der Waals surface area contributed by atoms with Crippen LogP contribution in [0.25, 0.3) is 0 Å². The van der Waals surface area contributed by atoms with Gasteiger partial charge in [0.25, 0.3) is 0 Å². The molecular formula is C19H23F3N2O3. The van der Waals surface area contributed by atoms with E-state index in [1.54, 1.807) is 0 Å². The maximum absolute atomic E-state index is 12.4. The van der Waals surface area contributed by atoms with E-state index in [-0.39, 0.29) is 0 Å². The van der Waals surface area contributed by atoms with Gasteiger partial charge in [0.1, 0.15) is 0 Å². The van der Waals surface area contributed by atoms with Crippen molar-refractivity contribution in [2.24, 2.45) is 5.92 Å². The number of carbonyl (C=O) groups is 2. The molecule has 0 aromatic heterocycles. The number of aliphatic carboxylic acids is 1. The average Bonchev–Trinajstić information content (AvgIpc) is 3.35. The number of carboxylic acids is 1. The number of nitrogens with zero attached hydrogens (tertiary/aromatic N) is 2. The van der Waals surface area contributed by atoms with Gasteiger partial charge in [-0.15, -0.1) is 0 Å². The number of carbonyl (C=O) groups excluding carboxylic acids is 1. The Morgan fingerprint density at radius 2 is 1.70 bits per heavy atom. The van der Waals surface area contributed by atoms with Gasteiger partial charge in [-0.3, -0.25) is 9.69 Å². The number of piperidine rings is 1. The van der Waals surface area contributed by atoms with E-state index in [2.05, 4.69) is 21.9 Å². The van der Waals surface area contributed by atoms with E-state index in [1.807, 2.05) is 18.2 Å². The summed E-state index contributed by atoms with van der Waals surface area (Å²) < 4.78 is 31.7. The van der Waals surface area contributed by atoms with Crippen LogP contribution in [-0.4, -0.2) is 53.2 Å². The van der Waals surface area contributed by atoms with E-state index in [4.69, 9.17) is 9.90 Å². The third-order valence-electron chi connectivity index (χ3n) is 5.35. The molecule has 3 aliphatic rings. The van der Waals surface area contributed by atoms with Gasteiger partial charge in [-0.2, -0.15) is 13.2 Å². The smallest absolute Gasteiger partial charge is 0.475 e. The van der Waals surface area contributed by atoms with Gasteiger partial charge in [0, 0.05) is 31.2 Å². The van der Waals surface area contributed by atoms with E-state index < -0.39 is 12.1 Å². The van der Waals surface area contributed by atoms with E-state index in [0.29, 0.717) is 24.4 Å². The van der Waals surface area contributed by atoms with Crippen molar-refractivity contribution in [1.82, 2.24) is 4.90 Å². The van der Waals surface area contributed by atoms with Crippen LogP contribution in [0.5, 0.6) is 0 Å². The van der Waals surface area contributed by atoms with Crippen molar-refractivity contribution in [3.05, 3.63) is 30.3 Å². The first-order valence-electron chi connectivity index (χ1n) is 9.18. The molecule has 1 saturated carbocycles. The summed E-state index contributed by atoms with van der Waals surface area (Å²) >= 11 is 0. The molecule has 5 nitrogen and oxygen atoms in total. The molecule has 0 bridgehead atoms. The number of carboxylic acid groups (broad SMARTS) is 1. The Morgan fingerprint density at radius 3 is 2.26 bits per heavy atom. The number of halogens is 3. The molecule has 2 heterocycles. The molecule has 0 spiro atoms. The van der Waals surface area contributed by atoms with Crippen LogP contribution in [0.1, 0.15) is 32.1 Å². The van der Waals surface area contributed by atoms with Crippen LogP contribution in [0, 0.1) is 5.92 Å². The summed E-state index contributed by atoms with van der Waals surface area (Å²) in [6.07, 6.45) is 0.638. The number of anilines is 1.